The molecule has 1 aliphatic heterocycles. The first-order valence-electron chi connectivity index (χ1n) is 9.36. The normalized spacial score (nSPS) is 28.7. The molecule has 130 valence electrons. The standard InChI is InChI=1S/C21H24N2O2/c22-12-18-20(19(13-24)23(18)21(25)17-6-3-7-17)16-10-8-15(9-11-16)14-4-1-2-5-14/h4,8-11,17-20,24H,1-3,5-7,13H2/t18-,19-,20+/m0/s1. The molecular formula is C21H24N2O2. The molecule has 2 fully saturated rings. The Morgan fingerprint density at radius 3 is 2.52 bits per heavy atom. The first-order valence-corrected chi connectivity index (χ1v) is 9.36. The average Bonchev–Trinajstić information content (AvgIpc) is 3.08. The summed E-state index contributed by atoms with van der Waals surface area (Å²) >= 11 is 0. The van der Waals surface area contributed by atoms with Crippen LogP contribution >= 0.6 is 0 Å². The van der Waals surface area contributed by atoms with Crippen molar-refractivity contribution >= 4 is 11.5 Å². The van der Waals surface area contributed by atoms with Crippen molar-refractivity contribution in [3.8, 4) is 6.07 Å². The molecule has 1 amide bonds. The molecule has 1 N–H and O–H groups in total. The van der Waals surface area contributed by atoms with Crippen LogP contribution in [0.2, 0.25) is 0 Å². The molecule has 4 heteroatoms. The summed E-state index contributed by atoms with van der Waals surface area (Å²) in [5, 5.41) is 19.5. The van der Waals surface area contributed by atoms with Crippen LogP contribution in [0.15, 0.2) is 30.3 Å². The van der Waals surface area contributed by atoms with Gasteiger partial charge in [0.2, 0.25) is 5.91 Å². The number of carbonyl (C=O) groups excluding carboxylic acids is 1. The highest BCUT2D eigenvalue weighted by atomic mass is 16.3. The lowest BCUT2D eigenvalue weighted by Gasteiger charge is -2.53. The summed E-state index contributed by atoms with van der Waals surface area (Å²) in [7, 11) is 0. The molecule has 0 bridgehead atoms. The zero-order valence-corrected chi connectivity index (χ0v) is 14.4. The number of rotatable bonds is 4. The lowest BCUT2D eigenvalue weighted by atomic mass is 9.73. The first-order chi connectivity index (χ1) is 12.2. The van der Waals surface area contributed by atoms with Crippen LogP contribution in [0, 0.1) is 17.2 Å². The van der Waals surface area contributed by atoms with Crippen molar-refractivity contribution < 1.29 is 9.90 Å². The van der Waals surface area contributed by atoms with Gasteiger partial charge in [0.1, 0.15) is 6.04 Å². The Morgan fingerprint density at radius 2 is 2.00 bits per heavy atom. The second-order valence-electron chi connectivity index (χ2n) is 7.47. The Kier molecular flexibility index (Phi) is 4.35. The number of hydrogen-bond acceptors (Lipinski definition) is 3. The van der Waals surface area contributed by atoms with E-state index in [1.54, 1.807) is 4.90 Å². The van der Waals surface area contributed by atoms with Crippen LogP contribution in [0.3, 0.4) is 0 Å². The summed E-state index contributed by atoms with van der Waals surface area (Å²) in [6.45, 7) is -0.0891. The number of nitrogens with zero attached hydrogens (tertiary/aromatic N) is 2. The van der Waals surface area contributed by atoms with E-state index in [1.165, 1.54) is 17.6 Å². The minimum absolute atomic E-state index is 0.0563. The van der Waals surface area contributed by atoms with Gasteiger partial charge < -0.3 is 10.0 Å². The van der Waals surface area contributed by atoms with E-state index in [0.29, 0.717) is 0 Å². The Morgan fingerprint density at radius 1 is 1.24 bits per heavy atom. The Bertz CT molecular complexity index is 727. The summed E-state index contributed by atoms with van der Waals surface area (Å²) in [5.74, 6) is 0.0222. The number of allylic oxidation sites excluding steroid dienone is 2. The molecular weight excluding hydrogens is 312 g/mol. The van der Waals surface area contributed by atoms with Crippen LogP contribution in [-0.4, -0.2) is 34.6 Å². The van der Waals surface area contributed by atoms with Gasteiger partial charge in [-0.05, 0) is 48.8 Å². The summed E-state index contributed by atoms with van der Waals surface area (Å²) in [4.78, 5) is 14.2. The van der Waals surface area contributed by atoms with E-state index in [4.69, 9.17) is 0 Å². The first kappa shape index (κ1) is 16.4. The van der Waals surface area contributed by atoms with E-state index >= 15 is 0 Å². The molecule has 4 rings (SSSR count). The van der Waals surface area contributed by atoms with Crippen molar-refractivity contribution in [3.63, 3.8) is 0 Å². The van der Waals surface area contributed by atoms with Gasteiger partial charge in [0.05, 0.1) is 18.7 Å². The number of amides is 1. The summed E-state index contributed by atoms with van der Waals surface area (Å²) in [6.07, 6.45) is 8.73. The lowest BCUT2D eigenvalue weighted by molar-refractivity contribution is -0.154. The third-order valence-corrected chi connectivity index (χ3v) is 6.15. The van der Waals surface area contributed by atoms with Gasteiger partial charge in [0, 0.05) is 11.8 Å². The topological polar surface area (TPSA) is 64.3 Å². The predicted octanol–water partition coefficient (Wildman–Crippen LogP) is 3.23. The zero-order chi connectivity index (χ0) is 17.4. The highest BCUT2D eigenvalue weighted by Gasteiger charge is 2.53. The van der Waals surface area contributed by atoms with Gasteiger partial charge in [0.15, 0.2) is 0 Å². The third kappa shape index (κ3) is 2.67. The number of carbonyl (C=O) groups is 1. The highest BCUT2D eigenvalue weighted by Crippen LogP contribution is 2.43. The van der Waals surface area contributed by atoms with Gasteiger partial charge in [0.25, 0.3) is 0 Å². The molecule has 1 saturated heterocycles. The van der Waals surface area contributed by atoms with Crippen LogP contribution in [-0.2, 0) is 4.79 Å². The predicted molar refractivity (Wildman–Crippen MR) is 95.5 cm³/mol. The third-order valence-electron chi connectivity index (χ3n) is 6.15. The number of aliphatic hydroxyl groups excluding tert-OH is 1. The monoisotopic (exact) mass is 336 g/mol. The largest absolute Gasteiger partial charge is 0.394 e. The van der Waals surface area contributed by atoms with Crippen molar-refractivity contribution in [2.75, 3.05) is 6.61 Å². The van der Waals surface area contributed by atoms with Crippen molar-refractivity contribution in [3.05, 3.63) is 41.5 Å². The number of aliphatic hydroxyl groups is 1. The average molecular weight is 336 g/mol. The van der Waals surface area contributed by atoms with Gasteiger partial charge in [-0.15, -0.1) is 0 Å². The van der Waals surface area contributed by atoms with Crippen molar-refractivity contribution in [1.29, 1.82) is 5.26 Å². The van der Waals surface area contributed by atoms with Crippen LogP contribution in [0.25, 0.3) is 5.57 Å². The molecule has 25 heavy (non-hydrogen) atoms. The maximum atomic E-state index is 12.6. The second kappa shape index (κ2) is 6.65. The SMILES string of the molecule is N#C[C@H]1[C@@H](c2ccc(C3=CCCC3)cc2)[C@H](CO)N1C(=O)C1CCC1. The summed E-state index contributed by atoms with van der Waals surface area (Å²) in [5.41, 5.74) is 3.69. The van der Waals surface area contributed by atoms with E-state index in [9.17, 15) is 15.2 Å². The molecule has 1 aromatic rings. The van der Waals surface area contributed by atoms with Crippen LogP contribution in [0.4, 0.5) is 0 Å². The number of nitriles is 1. The van der Waals surface area contributed by atoms with Crippen molar-refractivity contribution in [1.82, 2.24) is 4.90 Å². The van der Waals surface area contributed by atoms with E-state index in [-0.39, 0.29) is 30.4 Å². The molecule has 1 aromatic carbocycles. The zero-order valence-electron chi connectivity index (χ0n) is 14.4. The molecule has 4 nitrogen and oxygen atoms in total. The molecule has 0 radical (unpaired) electrons. The molecule has 0 spiro atoms. The molecule has 2 aliphatic carbocycles. The van der Waals surface area contributed by atoms with Crippen molar-refractivity contribution in [2.24, 2.45) is 5.92 Å². The van der Waals surface area contributed by atoms with E-state index < -0.39 is 6.04 Å². The van der Waals surface area contributed by atoms with Crippen LogP contribution < -0.4 is 0 Å². The Balaban J connectivity index is 1.54. The van der Waals surface area contributed by atoms with Gasteiger partial charge >= 0.3 is 0 Å². The fourth-order valence-corrected chi connectivity index (χ4v) is 4.43. The second-order valence-corrected chi connectivity index (χ2v) is 7.47. The minimum atomic E-state index is -0.457. The van der Waals surface area contributed by atoms with Gasteiger partial charge in [-0.2, -0.15) is 5.26 Å². The van der Waals surface area contributed by atoms with Gasteiger partial charge in [-0.1, -0.05) is 36.8 Å². The summed E-state index contributed by atoms with van der Waals surface area (Å²) in [6, 6.07) is 9.94. The van der Waals surface area contributed by atoms with E-state index in [2.05, 4.69) is 36.4 Å². The van der Waals surface area contributed by atoms with Crippen LogP contribution in [0.5, 0.6) is 0 Å². The van der Waals surface area contributed by atoms with Gasteiger partial charge in [-0.3, -0.25) is 4.79 Å². The molecule has 3 atom stereocenters. The number of hydrogen-bond donors (Lipinski definition) is 1. The highest BCUT2D eigenvalue weighted by molar-refractivity contribution is 5.82. The molecule has 3 aliphatic rings. The number of likely N-dealkylation sites (tertiary alicyclic amines) is 1. The molecule has 0 aromatic heterocycles. The number of benzene rings is 1. The van der Waals surface area contributed by atoms with Gasteiger partial charge in [-0.25, -0.2) is 0 Å². The maximum Gasteiger partial charge on any atom is 0.227 e. The fourth-order valence-electron chi connectivity index (χ4n) is 4.43. The molecule has 1 heterocycles. The summed E-state index contributed by atoms with van der Waals surface area (Å²) < 4.78 is 0. The molecule has 1 saturated carbocycles. The molecule has 0 unspecified atom stereocenters. The van der Waals surface area contributed by atoms with Crippen molar-refractivity contribution in [2.45, 2.75) is 56.5 Å². The Labute approximate surface area is 148 Å². The van der Waals surface area contributed by atoms with E-state index in [1.807, 2.05) is 0 Å². The minimum Gasteiger partial charge on any atom is -0.394 e. The quantitative estimate of drug-likeness (QED) is 0.918. The smallest absolute Gasteiger partial charge is 0.227 e. The lowest BCUT2D eigenvalue weighted by Crippen LogP contribution is -2.66. The van der Waals surface area contributed by atoms with E-state index in [0.717, 1.165) is 37.7 Å². The fraction of sp³-hybridized carbons (Fsp3) is 0.524. The maximum absolute atomic E-state index is 12.6. The Hall–Kier alpha value is -2.12. The van der Waals surface area contributed by atoms with Crippen LogP contribution in [0.1, 0.15) is 55.6 Å².